The number of nitrogens with one attached hydrogen (secondary N) is 1. The highest BCUT2D eigenvalue weighted by Gasteiger charge is 2.38. The molecule has 0 amide bonds. The zero-order valence-electron chi connectivity index (χ0n) is 11.5. The van der Waals surface area contributed by atoms with Gasteiger partial charge in [-0.2, -0.15) is 0 Å². The number of anilines is 2. The predicted octanol–water partition coefficient (Wildman–Crippen LogP) is 1.16. The molecule has 104 valence electrons. The molecule has 1 aromatic heterocycles. The van der Waals surface area contributed by atoms with Crippen LogP contribution in [0, 0.1) is 6.92 Å². The number of rotatable bonds is 4. The molecule has 0 radical (unpaired) electrons. The number of aromatic nitrogens is 1. The Morgan fingerprint density at radius 2 is 2.16 bits per heavy atom. The van der Waals surface area contributed by atoms with E-state index in [4.69, 9.17) is 9.84 Å². The first-order valence-corrected chi connectivity index (χ1v) is 6.90. The summed E-state index contributed by atoms with van der Waals surface area (Å²) in [6.07, 6.45) is 1.96. The van der Waals surface area contributed by atoms with Crippen LogP contribution in [-0.2, 0) is 4.74 Å². The van der Waals surface area contributed by atoms with Crippen LogP contribution in [0.3, 0.4) is 0 Å². The van der Waals surface area contributed by atoms with E-state index in [9.17, 15) is 0 Å². The average Bonchev–Trinajstić information content (AvgIpc) is 2.37. The molecule has 3 fully saturated rings. The number of aryl methyl sites for hydroxylation is 1. The maximum Gasteiger partial charge on any atom is 0.131 e. The van der Waals surface area contributed by atoms with E-state index >= 15 is 0 Å². The van der Waals surface area contributed by atoms with Crippen molar-refractivity contribution in [3.05, 3.63) is 17.7 Å². The first kappa shape index (κ1) is 12.7. The van der Waals surface area contributed by atoms with Crippen molar-refractivity contribution in [3.63, 3.8) is 0 Å². The molecule has 0 saturated carbocycles. The Balaban J connectivity index is 1.77. The number of fused-ring (bicyclic) bond motifs is 2. The fourth-order valence-corrected chi connectivity index (χ4v) is 2.73. The number of morpholine rings is 1. The number of piperidine rings is 1. The lowest BCUT2D eigenvalue weighted by molar-refractivity contribution is -0.133. The highest BCUT2D eigenvalue weighted by Crippen LogP contribution is 2.31. The Kier molecular flexibility index (Phi) is 3.33. The molecule has 4 heterocycles. The standard InChI is InChI=1S/C14H21N3O2/c1-9-3-13(15-10(2)8-18)16-14(4-9)17-6-11-5-12(7-17)19-11/h3-4,10-12,18H,5-8H2,1-2H3,(H,15,16). The quantitative estimate of drug-likeness (QED) is 0.853. The van der Waals surface area contributed by atoms with Crippen LogP contribution in [0.4, 0.5) is 11.6 Å². The summed E-state index contributed by atoms with van der Waals surface area (Å²) < 4.78 is 5.65. The van der Waals surface area contributed by atoms with Gasteiger partial charge in [-0.25, -0.2) is 4.98 Å². The molecule has 5 heteroatoms. The molecule has 0 aromatic carbocycles. The summed E-state index contributed by atoms with van der Waals surface area (Å²) in [6.45, 7) is 5.98. The lowest BCUT2D eigenvalue weighted by atomic mass is 9.99. The molecule has 3 aliphatic heterocycles. The molecule has 19 heavy (non-hydrogen) atoms. The fourth-order valence-electron chi connectivity index (χ4n) is 2.73. The zero-order chi connectivity index (χ0) is 13.4. The van der Waals surface area contributed by atoms with E-state index in [1.165, 1.54) is 12.0 Å². The molecule has 3 saturated heterocycles. The van der Waals surface area contributed by atoms with Gasteiger partial charge in [0.15, 0.2) is 0 Å². The van der Waals surface area contributed by atoms with E-state index < -0.39 is 0 Å². The van der Waals surface area contributed by atoms with Gasteiger partial charge in [0, 0.05) is 25.6 Å². The zero-order valence-corrected chi connectivity index (χ0v) is 11.5. The number of ether oxygens (including phenoxy) is 1. The van der Waals surface area contributed by atoms with Crippen LogP contribution in [0.15, 0.2) is 12.1 Å². The van der Waals surface area contributed by atoms with E-state index in [1.807, 2.05) is 13.0 Å². The summed E-state index contributed by atoms with van der Waals surface area (Å²) in [6, 6.07) is 4.14. The maximum atomic E-state index is 9.11. The van der Waals surface area contributed by atoms with Gasteiger partial charge in [-0.15, -0.1) is 0 Å². The molecule has 5 nitrogen and oxygen atoms in total. The van der Waals surface area contributed by atoms with Gasteiger partial charge in [-0.1, -0.05) is 0 Å². The van der Waals surface area contributed by atoms with E-state index in [2.05, 4.69) is 28.2 Å². The Hall–Kier alpha value is -1.33. The summed E-state index contributed by atoms with van der Waals surface area (Å²) in [5.41, 5.74) is 1.18. The van der Waals surface area contributed by atoms with Gasteiger partial charge in [-0.05, 0) is 31.5 Å². The van der Waals surface area contributed by atoms with Crippen LogP contribution < -0.4 is 10.2 Å². The second-order valence-corrected chi connectivity index (χ2v) is 5.64. The van der Waals surface area contributed by atoms with Crippen LogP contribution >= 0.6 is 0 Å². The summed E-state index contributed by atoms with van der Waals surface area (Å²) in [7, 11) is 0. The van der Waals surface area contributed by atoms with E-state index in [0.717, 1.165) is 24.7 Å². The van der Waals surface area contributed by atoms with Crippen molar-refractivity contribution in [2.75, 3.05) is 29.9 Å². The molecule has 3 aliphatic rings. The fraction of sp³-hybridized carbons (Fsp3) is 0.643. The second-order valence-electron chi connectivity index (χ2n) is 5.64. The molecule has 2 bridgehead atoms. The van der Waals surface area contributed by atoms with Crippen LogP contribution in [0.1, 0.15) is 18.9 Å². The largest absolute Gasteiger partial charge is 0.394 e. The lowest BCUT2D eigenvalue weighted by Crippen LogP contribution is -2.57. The Labute approximate surface area is 113 Å². The molecule has 3 atom stereocenters. The summed E-state index contributed by atoms with van der Waals surface area (Å²) in [4.78, 5) is 6.94. The van der Waals surface area contributed by atoms with E-state index in [-0.39, 0.29) is 12.6 Å². The molecular formula is C14H21N3O2. The molecule has 2 N–H and O–H groups in total. The van der Waals surface area contributed by atoms with Crippen molar-refractivity contribution < 1.29 is 9.84 Å². The number of hydrogen-bond donors (Lipinski definition) is 2. The van der Waals surface area contributed by atoms with E-state index in [0.29, 0.717) is 12.2 Å². The predicted molar refractivity (Wildman–Crippen MR) is 74.6 cm³/mol. The normalized spacial score (nSPS) is 26.8. The maximum absolute atomic E-state index is 9.11. The third-order valence-electron chi connectivity index (χ3n) is 3.71. The van der Waals surface area contributed by atoms with Gasteiger partial charge in [0.05, 0.1) is 18.8 Å². The number of hydrogen-bond acceptors (Lipinski definition) is 5. The topological polar surface area (TPSA) is 57.6 Å². The van der Waals surface area contributed by atoms with Crippen molar-refractivity contribution in [3.8, 4) is 0 Å². The monoisotopic (exact) mass is 263 g/mol. The van der Waals surface area contributed by atoms with Crippen molar-refractivity contribution in [1.29, 1.82) is 0 Å². The summed E-state index contributed by atoms with van der Waals surface area (Å²) in [5, 5.41) is 12.3. The SMILES string of the molecule is Cc1cc(NC(C)CO)nc(N2CC3CC(C2)O3)c1. The third-order valence-corrected chi connectivity index (χ3v) is 3.71. The van der Waals surface area contributed by atoms with Gasteiger partial charge in [0.25, 0.3) is 0 Å². The molecule has 0 aliphatic carbocycles. The number of nitrogens with zero attached hydrogens (tertiary/aromatic N) is 2. The summed E-state index contributed by atoms with van der Waals surface area (Å²) >= 11 is 0. The lowest BCUT2D eigenvalue weighted by Gasteiger charge is -2.47. The van der Waals surface area contributed by atoms with Crippen molar-refractivity contribution in [2.45, 2.75) is 38.5 Å². The highest BCUT2D eigenvalue weighted by molar-refractivity contribution is 5.51. The van der Waals surface area contributed by atoms with Gasteiger partial charge >= 0.3 is 0 Å². The highest BCUT2D eigenvalue weighted by atomic mass is 16.5. The van der Waals surface area contributed by atoms with Crippen LogP contribution in [0.25, 0.3) is 0 Å². The van der Waals surface area contributed by atoms with Gasteiger partial charge in [0.2, 0.25) is 0 Å². The molecule has 0 spiro atoms. The second kappa shape index (κ2) is 4.98. The van der Waals surface area contributed by atoms with Crippen LogP contribution in [-0.4, -0.2) is 48.0 Å². The van der Waals surface area contributed by atoms with Gasteiger partial charge in [-0.3, -0.25) is 0 Å². The van der Waals surface area contributed by atoms with E-state index in [1.54, 1.807) is 0 Å². The van der Waals surface area contributed by atoms with Gasteiger partial charge < -0.3 is 20.1 Å². The van der Waals surface area contributed by atoms with Crippen molar-refractivity contribution in [1.82, 2.24) is 4.98 Å². The van der Waals surface area contributed by atoms with Crippen molar-refractivity contribution >= 4 is 11.6 Å². The van der Waals surface area contributed by atoms with Crippen molar-refractivity contribution in [2.24, 2.45) is 0 Å². The van der Waals surface area contributed by atoms with Crippen LogP contribution in [0.5, 0.6) is 0 Å². The minimum Gasteiger partial charge on any atom is -0.394 e. The summed E-state index contributed by atoms with van der Waals surface area (Å²) in [5.74, 6) is 1.84. The first-order chi connectivity index (χ1) is 9.14. The molecular weight excluding hydrogens is 242 g/mol. The average molecular weight is 263 g/mol. The van der Waals surface area contributed by atoms with Crippen LogP contribution in [0.2, 0.25) is 0 Å². The molecule has 4 rings (SSSR count). The van der Waals surface area contributed by atoms with Gasteiger partial charge in [0.1, 0.15) is 11.6 Å². The first-order valence-electron chi connectivity index (χ1n) is 6.90. The Morgan fingerprint density at radius 3 is 2.79 bits per heavy atom. The number of pyridine rings is 1. The number of aliphatic hydroxyl groups excluding tert-OH is 1. The molecule has 3 unspecified atom stereocenters. The Bertz CT molecular complexity index is 450. The Morgan fingerprint density at radius 1 is 1.47 bits per heavy atom. The third kappa shape index (κ3) is 2.67. The minimum atomic E-state index is 0.0141. The number of aliphatic hydroxyl groups is 1. The smallest absolute Gasteiger partial charge is 0.131 e. The minimum absolute atomic E-state index is 0.0141. The molecule has 1 aromatic rings.